The van der Waals surface area contributed by atoms with E-state index in [0.29, 0.717) is 31.9 Å². The Kier molecular flexibility index (Phi) is 6.02. The van der Waals surface area contributed by atoms with E-state index in [-0.39, 0.29) is 16.2 Å². The summed E-state index contributed by atoms with van der Waals surface area (Å²) in [6.07, 6.45) is 0. The van der Waals surface area contributed by atoms with E-state index in [1.807, 2.05) is 32.0 Å². The number of sulfonamides is 1. The van der Waals surface area contributed by atoms with E-state index in [9.17, 15) is 13.2 Å². The van der Waals surface area contributed by atoms with E-state index in [0.717, 1.165) is 11.1 Å². The van der Waals surface area contributed by atoms with Crippen molar-refractivity contribution in [3.63, 3.8) is 0 Å². The van der Waals surface area contributed by atoms with Crippen molar-refractivity contribution in [1.82, 2.24) is 9.62 Å². The summed E-state index contributed by atoms with van der Waals surface area (Å²) in [5.74, 6) is 0.117. The van der Waals surface area contributed by atoms with Crippen LogP contribution in [0.4, 0.5) is 0 Å². The molecule has 0 aromatic heterocycles. The Morgan fingerprint density at radius 2 is 1.68 bits per heavy atom. The average molecular weight is 404 g/mol. The van der Waals surface area contributed by atoms with Gasteiger partial charge in [-0.1, -0.05) is 6.07 Å². The predicted molar refractivity (Wildman–Crippen MR) is 105 cm³/mol. The van der Waals surface area contributed by atoms with E-state index < -0.39 is 16.0 Å². The first kappa shape index (κ1) is 20.3. The number of piperazine rings is 1. The molecule has 2 aromatic carbocycles. The molecule has 28 heavy (non-hydrogen) atoms. The number of benzene rings is 2. The fourth-order valence-corrected chi connectivity index (χ4v) is 4.76. The molecule has 3 rings (SSSR count). The van der Waals surface area contributed by atoms with Gasteiger partial charge in [0.2, 0.25) is 10.0 Å². The van der Waals surface area contributed by atoms with Crippen LogP contribution in [0.2, 0.25) is 0 Å². The monoisotopic (exact) mass is 404 g/mol. The Bertz CT molecular complexity index is 962. The molecular formula is C20H24N2O5S. The smallest absolute Gasteiger partial charge is 0.337 e. The molecular weight excluding hydrogens is 380 g/mol. The molecule has 1 aliphatic rings. The summed E-state index contributed by atoms with van der Waals surface area (Å²) < 4.78 is 38.6. The van der Waals surface area contributed by atoms with Crippen molar-refractivity contribution in [3.8, 4) is 11.5 Å². The molecule has 0 unspecified atom stereocenters. The molecule has 1 aliphatic heterocycles. The number of carbonyl (C=O) groups is 1. The Balaban J connectivity index is 2.07. The maximum Gasteiger partial charge on any atom is 0.337 e. The molecule has 1 saturated heterocycles. The van der Waals surface area contributed by atoms with E-state index in [1.54, 1.807) is 0 Å². The largest absolute Gasteiger partial charge is 0.465 e. The zero-order chi connectivity index (χ0) is 20.3. The number of ether oxygens (including phenoxy) is 2. The van der Waals surface area contributed by atoms with Crippen molar-refractivity contribution < 1.29 is 22.7 Å². The molecule has 0 saturated carbocycles. The van der Waals surface area contributed by atoms with Crippen LogP contribution in [0, 0.1) is 13.8 Å². The van der Waals surface area contributed by atoms with Gasteiger partial charge >= 0.3 is 5.97 Å². The van der Waals surface area contributed by atoms with Gasteiger partial charge in [-0.15, -0.1) is 0 Å². The third-order valence-corrected chi connectivity index (χ3v) is 6.40. The highest BCUT2D eigenvalue weighted by molar-refractivity contribution is 7.89. The van der Waals surface area contributed by atoms with Gasteiger partial charge in [0.1, 0.15) is 16.4 Å². The zero-order valence-corrected chi connectivity index (χ0v) is 17.0. The van der Waals surface area contributed by atoms with Gasteiger partial charge in [-0.3, -0.25) is 0 Å². The fraction of sp³-hybridized carbons (Fsp3) is 0.350. The lowest BCUT2D eigenvalue weighted by molar-refractivity contribution is 0.0600. The highest BCUT2D eigenvalue weighted by atomic mass is 32.2. The van der Waals surface area contributed by atoms with Crippen LogP contribution in [-0.2, 0) is 14.8 Å². The molecule has 0 spiro atoms. The highest BCUT2D eigenvalue weighted by Gasteiger charge is 2.30. The van der Waals surface area contributed by atoms with Crippen molar-refractivity contribution in [1.29, 1.82) is 0 Å². The van der Waals surface area contributed by atoms with Crippen LogP contribution in [0.15, 0.2) is 41.3 Å². The van der Waals surface area contributed by atoms with Crippen LogP contribution in [0.25, 0.3) is 0 Å². The lowest BCUT2D eigenvalue weighted by atomic mass is 10.1. The minimum Gasteiger partial charge on any atom is -0.465 e. The van der Waals surface area contributed by atoms with Crippen molar-refractivity contribution in [3.05, 3.63) is 53.1 Å². The molecule has 8 heteroatoms. The number of carbonyl (C=O) groups excluding carboxylic acids is 1. The third-order valence-electron chi connectivity index (χ3n) is 4.48. The summed E-state index contributed by atoms with van der Waals surface area (Å²) in [7, 11) is -2.58. The molecule has 0 aliphatic carbocycles. The van der Waals surface area contributed by atoms with Crippen LogP contribution in [-0.4, -0.2) is 52.0 Å². The first-order valence-electron chi connectivity index (χ1n) is 9.00. The molecule has 1 N–H and O–H groups in total. The number of esters is 1. The second-order valence-corrected chi connectivity index (χ2v) is 8.64. The molecule has 7 nitrogen and oxygen atoms in total. The number of aryl methyl sites for hydroxylation is 2. The minimum absolute atomic E-state index is 0.0449. The summed E-state index contributed by atoms with van der Waals surface area (Å²) in [5, 5.41) is 3.13. The number of nitrogens with one attached hydrogen (secondary N) is 1. The maximum atomic E-state index is 13.3. The molecule has 0 atom stereocenters. The molecule has 0 bridgehead atoms. The number of methoxy groups -OCH3 is 1. The molecule has 0 radical (unpaired) electrons. The van der Waals surface area contributed by atoms with Gasteiger partial charge in [-0.05, 0) is 55.3 Å². The lowest BCUT2D eigenvalue weighted by Crippen LogP contribution is -2.46. The predicted octanol–water partition coefficient (Wildman–Crippen LogP) is 2.48. The number of hydrogen-bond acceptors (Lipinski definition) is 6. The Hall–Kier alpha value is -2.42. The van der Waals surface area contributed by atoms with Gasteiger partial charge in [-0.25, -0.2) is 13.2 Å². The SMILES string of the molecule is COC(=O)c1ccc(Oc2cc(C)cc(C)c2)c(S(=O)(=O)N2CCNCC2)c1. The minimum atomic E-state index is -3.84. The third kappa shape index (κ3) is 4.35. The number of rotatable bonds is 5. The normalized spacial score (nSPS) is 15.2. The first-order chi connectivity index (χ1) is 13.3. The maximum absolute atomic E-state index is 13.3. The topological polar surface area (TPSA) is 84.9 Å². The van der Waals surface area contributed by atoms with Crippen LogP contribution in [0.1, 0.15) is 21.5 Å². The van der Waals surface area contributed by atoms with Crippen LogP contribution >= 0.6 is 0 Å². The summed E-state index contributed by atoms with van der Waals surface area (Å²) in [4.78, 5) is 11.9. The zero-order valence-electron chi connectivity index (χ0n) is 16.2. The summed E-state index contributed by atoms with van der Waals surface area (Å²) in [6, 6.07) is 10.00. The van der Waals surface area contributed by atoms with Gasteiger partial charge in [0.15, 0.2) is 0 Å². The second-order valence-electron chi connectivity index (χ2n) is 6.73. The second kappa shape index (κ2) is 8.30. The Labute approximate surface area is 165 Å². The van der Waals surface area contributed by atoms with Crippen LogP contribution < -0.4 is 10.1 Å². The summed E-state index contributed by atoms with van der Waals surface area (Å²) in [5.41, 5.74) is 2.17. The van der Waals surface area contributed by atoms with E-state index in [4.69, 9.17) is 9.47 Å². The van der Waals surface area contributed by atoms with E-state index in [2.05, 4.69) is 5.32 Å². The molecule has 1 fully saturated rings. The Morgan fingerprint density at radius 3 is 2.29 bits per heavy atom. The summed E-state index contributed by atoms with van der Waals surface area (Å²) >= 11 is 0. The fourth-order valence-electron chi connectivity index (χ4n) is 3.18. The highest BCUT2D eigenvalue weighted by Crippen LogP contribution is 2.33. The van der Waals surface area contributed by atoms with Crippen LogP contribution in [0.5, 0.6) is 11.5 Å². The number of hydrogen-bond donors (Lipinski definition) is 1. The van der Waals surface area contributed by atoms with Crippen molar-refractivity contribution in [2.45, 2.75) is 18.7 Å². The molecule has 0 amide bonds. The van der Waals surface area contributed by atoms with E-state index in [1.165, 1.54) is 29.6 Å². The molecule has 2 aromatic rings. The first-order valence-corrected chi connectivity index (χ1v) is 10.4. The van der Waals surface area contributed by atoms with Gasteiger partial charge in [-0.2, -0.15) is 4.31 Å². The van der Waals surface area contributed by atoms with Crippen LogP contribution in [0.3, 0.4) is 0 Å². The van der Waals surface area contributed by atoms with E-state index >= 15 is 0 Å². The van der Waals surface area contributed by atoms with Gasteiger partial charge in [0.25, 0.3) is 0 Å². The Morgan fingerprint density at radius 1 is 1.04 bits per heavy atom. The molecule has 1 heterocycles. The quantitative estimate of drug-likeness (QED) is 0.771. The lowest BCUT2D eigenvalue weighted by Gasteiger charge is -2.27. The number of nitrogens with zero attached hydrogens (tertiary/aromatic N) is 1. The van der Waals surface area contributed by atoms with Gasteiger partial charge in [0.05, 0.1) is 12.7 Å². The molecule has 150 valence electrons. The van der Waals surface area contributed by atoms with Gasteiger partial charge in [0, 0.05) is 26.2 Å². The van der Waals surface area contributed by atoms with Gasteiger partial charge < -0.3 is 14.8 Å². The van der Waals surface area contributed by atoms with Crippen molar-refractivity contribution >= 4 is 16.0 Å². The van der Waals surface area contributed by atoms with Crippen molar-refractivity contribution in [2.75, 3.05) is 33.3 Å². The standard InChI is InChI=1S/C20H24N2O5S/c1-14-10-15(2)12-17(11-14)27-18-5-4-16(20(23)26-3)13-19(18)28(24,25)22-8-6-21-7-9-22/h4-5,10-13,21H,6-9H2,1-3H3. The summed E-state index contributed by atoms with van der Waals surface area (Å²) in [6.45, 7) is 5.74. The van der Waals surface area contributed by atoms with Crippen molar-refractivity contribution in [2.24, 2.45) is 0 Å². The average Bonchev–Trinajstić information content (AvgIpc) is 2.67.